The van der Waals surface area contributed by atoms with Gasteiger partial charge < -0.3 is 10.1 Å². The van der Waals surface area contributed by atoms with Crippen molar-refractivity contribution < 1.29 is 14.5 Å². The summed E-state index contributed by atoms with van der Waals surface area (Å²) in [6.45, 7) is 5.79. The summed E-state index contributed by atoms with van der Waals surface area (Å²) >= 11 is 0. The standard InChI is InChI=1S/C22H25N3O4/c1-17-5-8-19(9-6-17)21(16-24-11-13-29-14-12-24)23-22(26)10-7-18-3-2-4-20(15-18)25(27)28/h2-10,15,21H,11-14,16H2,1H3,(H,23,26)/b10-7+/t21-/m0/s1. The Labute approximate surface area is 170 Å². The van der Waals surface area contributed by atoms with Crippen LogP contribution < -0.4 is 5.32 Å². The number of amides is 1. The number of nitrogens with one attached hydrogen (secondary N) is 1. The highest BCUT2D eigenvalue weighted by Crippen LogP contribution is 2.17. The quantitative estimate of drug-likeness (QED) is 0.442. The van der Waals surface area contributed by atoms with Crippen LogP contribution in [0, 0.1) is 17.0 Å². The van der Waals surface area contributed by atoms with E-state index in [9.17, 15) is 14.9 Å². The SMILES string of the molecule is Cc1ccc([C@H](CN2CCOCC2)NC(=O)/C=C/c2cccc([N+](=O)[O-])c2)cc1. The van der Waals surface area contributed by atoms with Gasteiger partial charge in [0, 0.05) is 37.8 Å². The number of non-ortho nitro benzene ring substituents is 1. The van der Waals surface area contributed by atoms with Crippen molar-refractivity contribution >= 4 is 17.7 Å². The number of nitrogens with zero attached hydrogens (tertiary/aromatic N) is 2. The van der Waals surface area contributed by atoms with E-state index < -0.39 is 4.92 Å². The number of hydrogen-bond acceptors (Lipinski definition) is 5. The molecule has 1 heterocycles. The van der Waals surface area contributed by atoms with Crippen LogP contribution in [-0.4, -0.2) is 48.6 Å². The molecule has 1 aliphatic heterocycles. The highest BCUT2D eigenvalue weighted by molar-refractivity contribution is 5.92. The van der Waals surface area contributed by atoms with E-state index in [-0.39, 0.29) is 17.6 Å². The molecule has 1 aliphatic rings. The van der Waals surface area contributed by atoms with Crippen LogP contribution in [0.5, 0.6) is 0 Å². The van der Waals surface area contributed by atoms with Crippen molar-refractivity contribution in [1.29, 1.82) is 0 Å². The minimum absolute atomic E-state index is 0.00240. The highest BCUT2D eigenvalue weighted by Gasteiger charge is 2.19. The van der Waals surface area contributed by atoms with Gasteiger partial charge in [-0.3, -0.25) is 19.8 Å². The first-order valence-corrected chi connectivity index (χ1v) is 9.61. The van der Waals surface area contributed by atoms with Gasteiger partial charge in [0.2, 0.25) is 5.91 Å². The minimum atomic E-state index is -0.451. The molecule has 152 valence electrons. The number of benzene rings is 2. The zero-order valence-electron chi connectivity index (χ0n) is 16.4. The molecule has 7 nitrogen and oxygen atoms in total. The van der Waals surface area contributed by atoms with Crippen molar-refractivity contribution in [3.8, 4) is 0 Å². The van der Waals surface area contributed by atoms with Crippen LogP contribution in [0.2, 0.25) is 0 Å². The molecule has 0 bridgehead atoms. The van der Waals surface area contributed by atoms with E-state index in [0.29, 0.717) is 25.3 Å². The van der Waals surface area contributed by atoms with Gasteiger partial charge in [0.1, 0.15) is 0 Å². The number of nitro benzene ring substituents is 1. The van der Waals surface area contributed by atoms with Gasteiger partial charge in [0.15, 0.2) is 0 Å². The van der Waals surface area contributed by atoms with Gasteiger partial charge in [0.05, 0.1) is 24.2 Å². The predicted octanol–water partition coefficient (Wildman–Crippen LogP) is 3.11. The number of nitro groups is 1. The monoisotopic (exact) mass is 395 g/mol. The number of hydrogen-bond donors (Lipinski definition) is 1. The Balaban J connectivity index is 1.70. The molecule has 0 aromatic heterocycles. The molecular weight excluding hydrogens is 370 g/mol. The lowest BCUT2D eigenvalue weighted by Gasteiger charge is -2.31. The maximum absolute atomic E-state index is 12.6. The molecule has 1 saturated heterocycles. The normalized spacial score (nSPS) is 15.9. The lowest BCUT2D eigenvalue weighted by molar-refractivity contribution is -0.384. The van der Waals surface area contributed by atoms with Gasteiger partial charge in [0.25, 0.3) is 5.69 Å². The fourth-order valence-electron chi connectivity index (χ4n) is 3.21. The second kappa shape index (κ2) is 9.95. The third-order valence-electron chi connectivity index (χ3n) is 4.85. The number of morpholine rings is 1. The molecule has 0 aliphatic carbocycles. The summed E-state index contributed by atoms with van der Waals surface area (Å²) in [5.74, 6) is -0.240. The van der Waals surface area contributed by atoms with Crippen LogP contribution in [0.15, 0.2) is 54.6 Å². The highest BCUT2D eigenvalue weighted by atomic mass is 16.6. The number of rotatable bonds is 7. The smallest absolute Gasteiger partial charge is 0.270 e. The van der Waals surface area contributed by atoms with E-state index in [1.54, 1.807) is 18.2 Å². The first kappa shape index (κ1) is 20.7. The molecule has 1 amide bonds. The van der Waals surface area contributed by atoms with Crippen molar-refractivity contribution in [1.82, 2.24) is 10.2 Å². The van der Waals surface area contributed by atoms with Crippen molar-refractivity contribution in [3.63, 3.8) is 0 Å². The van der Waals surface area contributed by atoms with Crippen molar-refractivity contribution in [2.45, 2.75) is 13.0 Å². The van der Waals surface area contributed by atoms with E-state index in [1.807, 2.05) is 31.2 Å². The molecule has 2 aromatic carbocycles. The molecule has 1 N–H and O–H groups in total. The molecule has 0 radical (unpaired) electrons. The van der Waals surface area contributed by atoms with Gasteiger partial charge in [-0.2, -0.15) is 0 Å². The van der Waals surface area contributed by atoms with Crippen LogP contribution in [0.3, 0.4) is 0 Å². The van der Waals surface area contributed by atoms with Crippen LogP contribution in [0.25, 0.3) is 6.08 Å². The largest absolute Gasteiger partial charge is 0.379 e. The number of aryl methyl sites for hydroxylation is 1. The molecule has 2 aromatic rings. The molecule has 1 atom stereocenters. The van der Waals surface area contributed by atoms with Crippen molar-refractivity contribution in [3.05, 3.63) is 81.4 Å². The first-order chi connectivity index (χ1) is 14.0. The van der Waals surface area contributed by atoms with E-state index in [1.165, 1.54) is 18.2 Å². The summed E-state index contributed by atoms with van der Waals surface area (Å²) < 4.78 is 5.41. The fraction of sp³-hybridized carbons (Fsp3) is 0.318. The Hall–Kier alpha value is -3.03. The second-order valence-corrected chi connectivity index (χ2v) is 7.07. The molecule has 7 heteroatoms. The third kappa shape index (κ3) is 6.23. The molecule has 29 heavy (non-hydrogen) atoms. The van der Waals surface area contributed by atoms with Crippen LogP contribution in [-0.2, 0) is 9.53 Å². The molecular formula is C22H25N3O4. The number of ether oxygens (including phenoxy) is 1. The molecule has 0 spiro atoms. The second-order valence-electron chi connectivity index (χ2n) is 7.07. The van der Waals surface area contributed by atoms with Gasteiger partial charge in [-0.05, 0) is 24.1 Å². The third-order valence-corrected chi connectivity index (χ3v) is 4.85. The predicted molar refractivity (Wildman–Crippen MR) is 111 cm³/mol. The lowest BCUT2D eigenvalue weighted by atomic mass is 10.0. The average Bonchev–Trinajstić information content (AvgIpc) is 2.73. The Bertz CT molecular complexity index is 874. The molecule has 0 saturated carbocycles. The summed E-state index contributed by atoms with van der Waals surface area (Å²) in [5, 5.41) is 14.0. The Morgan fingerprint density at radius 2 is 1.97 bits per heavy atom. The summed E-state index contributed by atoms with van der Waals surface area (Å²) in [6.07, 6.45) is 3.00. The van der Waals surface area contributed by atoms with E-state index in [4.69, 9.17) is 4.74 Å². The zero-order valence-corrected chi connectivity index (χ0v) is 16.4. The van der Waals surface area contributed by atoms with Gasteiger partial charge in [-0.15, -0.1) is 0 Å². The summed E-state index contributed by atoms with van der Waals surface area (Å²) in [5.41, 5.74) is 2.81. The van der Waals surface area contributed by atoms with E-state index >= 15 is 0 Å². The molecule has 0 unspecified atom stereocenters. The summed E-state index contributed by atoms with van der Waals surface area (Å²) in [6, 6.07) is 14.2. The summed E-state index contributed by atoms with van der Waals surface area (Å²) in [4.78, 5) is 25.3. The number of carbonyl (C=O) groups excluding carboxylic acids is 1. The Kier molecular flexibility index (Phi) is 7.10. The number of carbonyl (C=O) groups is 1. The van der Waals surface area contributed by atoms with Crippen LogP contribution >= 0.6 is 0 Å². The van der Waals surface area contributed by atoms with E-state index in [0.717, 1.165) is 24.2 Å². The molecule has 1 fully saturated rings. The van der Waals surface area contributed by atoms with Crippen molar-refractivity contribution in [2.24, 2.45) is 0 Å². The van der Waals surface area contributed by atoms with Crippen molar-refractivity contribution in [2.75, 3.05) is 32.8 Å². The average molecular weight is 395 g/mol. The van der Waals surface area contributed by atoms with Crippen LogP contribution in [0.4, 0.5) is 5.69 Å². The Morgan fingerprint density at radius 3 is 2.66 bits per heavy atom. The van der Waals surface area contributed by atoms with Gasteiger partial charge in [-0.1, -0.05) is 42.0 Å². The first-order valence-electron chi connectivity index (χ1n) is 9.61. The van der Waals surface area contributed by atoms with Gasteiger partial charge >= 0.3 is 0 Å². The maximum atomic E-state index is 12.6. The Morgan fingerprint density at radius 1 is 1.24 bits per heavy atom. The van der Waals surface area contributed by atoms with E-state index in [2.05, 4.69) is 10.2 Å². The molecule has 3 rings (SSSR count). The fourth-order valence-corrected chi connectivity index (χ4v) is 3.21. The minimum Gasteiger partial charge on any atom is -0.379 e. The summed E-state index contributed by atoms with van der Waals surface area (Å²) in [7, 11) is 0. The van der Waals surface area contributed by atoms with Gasteiger partial charge in [-0.25, -0.2) is 0 Å². The van der Waals surface area contributed by atoms with Crippen LogP contribution in [0.1, 0.15) is 22.7 Å². The zero-order chi connectivity index (χ0) is 20.6. The topological polar surface area (TPSA) is 84.7 Å². The lowest BCUT2D eigenvalue weighted by Crippen LogP contribution is -2.42. The maximum Gasteiger partial charge on any atom is 0.270 e.